The number of hydrogen-bond donors (Lipinski definition) is 1. The summed E-state index contributed by atoms with van der Waals surface area (Å²) in [6.45, 7) is 6.28. The highest BCUT2D eigenvalue weighted by atomic mass is 32.2. The van der Waals surface area contributed by atoms with Crippen molar-refractivity contribution in [1.29, 1.82) is 0 Å². The van der Waals surface area contributed by atoms with E-state index in [0.717, 1.165) is 29.5 Å². The molecule has 1 heterocycles. The Morgan fingerprint density at radius 2 is 1.67 bits per heavy atom. The Morgan fingerprint density at radius 1 is 0.977 bits per heavy atom. The van der Waals surface area contributed by atoms with Crippen molar-refractivity contribution in [3.8, 4) is 11.4 Å². The molecule has 0 saturated carbocycles. The molecular formula is C30H32F3N5O3S2. The summed E-state index contributed by atoms with van der Waals surface area (Å²) in [4.78, 5) is 13.1. The van der Waals surface area contributed by atoms with Crippen LogP contribution >= 0.6 is 11.8 Å². The molecule has 0 bridgehead atoms. The van der Waals surface area contributed by atoms with Crippen LogP contribution in [0.15, 0.2) is 88.9 Å². The Balaban J connectivity index is 1.63. The quantitative estimate of drug-likeness (QED) is 0.183. The van der Waals surface area contributed by atoms with E-state index in [4.69, 9.17) is 0 Å². The molecule has 0 fully saturated rings. The summed E-state index contributed by atoms with van der Waals surface area (Å²) in [7, 11) is -3.72. The smallest absolute Gasteiger partial charge is 0.325 e. The fourth-order valence-electron chi connectivity index (χ4n) is 4.41. The first-order valence-electron chi connectivity index (χ1n) is 13.7. The highest BCUT2D eigenvalue weighted by Gasteiger charge is 2.31. The summed E-state index contributed by atoms with van der Waals surface area (Å²) in [5.74, 6) is -0.0729. The summed E-state index contributed by atoms with van der Waals surface area (Å²) >= 11 is 1.11. The van der Waals surface area contributed by atoms with Gasteiger partial charge in [0, 0.05) is 30.9 Å². The highest BCUT2D eigenvalue weighted by Crippen LogP contribution is 2.32. The summed E-state index contributed by atoms with van der Waals surface area (Å²) in [5.41, 5.74) is 0.777. The lowest BCUT2D eigenvalue weighted by Crippen LogP contribution is -2.30. The zero-order valence-electron chi connectivity index (χ0n) is 23.9. The number of carbonyl (C=O) groups excluding carboxylic acids is 1. The number of nitrogens with zero attached hydrogens (tertiary/aromatic N) is 4. The zero-order chi connectivity index (χ0) is 31.2. The second-order valence-corrected chi connectivity index (χ2v) is 12.9. The molecule has 43 heavy (non-hydrogen) atoms. The number of aromatic nitrogens is 3. The van der Waals surface area contributed by atoms with Gasteiger partial charge < -0.3 is 9.88 Å². The molecule has 1 aromatic heterocycles. The first kappa shape index (κ1) is 32.2. The van der Waals surface area contributed by atoms with Gasteiger partial charge in [-0.25, -0.2) is 8.42 Å². The number of alkyl halides is 3. The lowest BCUT2D eigenvalue weighted by Gasteiger charge is -2.19. The second-order valence-electron chi connectivity index (χ2n) is 9.64. The van der Waals surface area contributed by atoms with Crippen LogP contribution in [-0.4, -0.2) is 51.7 Å². The molecule has 0 aliphatic heterocycles. The van der Waals surface area contributed by atoms with Crippen molar-refractivity contribution in [1.82, 2.24) is 19.1 Å². The SMILES string of the molecule is CCN(CC)S(=O)(=O)c1cccc(-c2nnc(SC(C)C(=O)Nc3cccc(C(F)(F)F)c3)n2CCc2ccccc2)c1. The van der Waals surface area contributed by atoms with Crippen molar-refractivity contribution in [3.05, 3.63) is 90.0 Å². The maximum Gasteiger partial charge on any atom is 0.416 e. The number of hydrogen-bond acceptors (Lipinski definition) is 6. The Bertz CT molecular complexity index is 1660. The first-order chi connectivity index (χ1) is 20.4. The van der Waals surface area contributed by atoms with Gasteiger partial charge in [0.1, 0.15) is 0 Å². The summed E-state index contributed by atoms with van der Waals surface area (Å²) in [6, 6.07) is 20.7. The van der Waals surface area contributed by atoms with Crippen LogP contribution in [0.4, 0.5) is 18.9 Å². The molecule has 228 valence electrons. The molecular weight excluding hydrogens is 599 g/mol. The van der Waals surface area contributed by atoms with Crippen molar-refractivity contribution in [2.24, 2.45) is 0 Å². The number of halogens is 3. The van der Waals surface area contributed by atoms with E-state index in [0.29, 0.717) is 42.6 Å². The fourth-order valence-corrected chi connectivity index (χ4v) is 6.79. The highest BCUT2D eigenvalue weighted by molar-refractivity contribution is 8.00. The first-order valence-corrected chi connectivity index (χ1v) is 16.0. The van der Waals surface area contributed by atoms with Crippen molar-refractivity contribution in [2.45, 2.75) is 55.2 Å². The molecule has 0 aliphatic carbocycles. The van der Waals surface area contributed by atoms with Gasteiger partial charge in [-0.1, -0.05) is 74.1 Å². The predicted octanol–water partition coefficient (Wildman–Crippen LogP) is 6.36. The van der Waals surface area contributed by atoms with Gasteiger partial charge in [-0.3, -0.25) is 4.79 Å². The number of anilines is 1. The van der Waals surface area contributed by atoms with Gasteiger partial charge in [0.15, 0.2) is 11.0 Å². The Hall–Kier alpha value is -3.68. The van der Waals surface area contributed by atoms with E-state index in [9.17, 15) is 26.4 Å². The number of amides is 1. The Kier molecular flexibility index (Phi) is 10.3. The Morgan fingerprint density at radius 3 is 2.35 bits per heavy atom. The van der Waals surface area contributed by atoms with Crippen LogP contribution < -0.4 is 5.32 Å². The lowest BCUT2D eigenvalue weighted by atomic mass is 10.1. The van der Waals surface area contributed by atoms with Crippen LogP contribution in [0.1, 0.15) is 31.9 Å². The van der Waals surface area contributed by atoms with Gasteiger partial charge in [0.25, 0.3) is 0 Å². The van der Waals surface area contributed by atoms with Gasteiger partial charge in [0.2, 0.25) is 15.9 Å². The fraction of sp³-hybridized carbons (Fsp3) is 0.300. The number of sulfonamides is 1. The maximum atomic E-state index is 13.2. The van der Waals surface area contributed by atoms with Crippen molar-refractivity contribution in [2.75, 3.05) is 18.4 Å². The standard InChI is InChI=1S/C30H32F3N5O3S2/c1-4-37(5-2)43(40,41)26-16-9-13-23(19-26)27-35-36-29(38(27)18-17-22-11-7-6-8-12-22)42-21(3)28(39)34-25-15-10-14-24(20-25)30(31,32)33/h6-16,19-21H,4-5,17-18H2,1-3H3,(H,34,39). The maximum absolute atomic E-state index is 13.2. The molecule has 0 radical (unpaired) electrons. The lowest BCUT2D eigenvalue weighted by molar-refractivity contribution is -0.137. The number of benzene rings is 3. The minimum Gasteiger partial charge on any atom is -0.325 e. The molecule has 0 spiro atoms. The average molecular weight is 632 g/mol. The van der Waals surface area contributed by atoms with Crippen molar-refractivity contribution in [3.63, 3.8) is 0 Å². The number of thioether (sulfide) groups is 1. The molecule has 1 amide bonds. The number of rotatable bonds is 12. The van der Waals surface area contributed by atoms with E-state index in [-0.39, 0.29) is 10.6 Å². The molecule has 13 heteroatoms. The van der Waals surface area contributed by atoms with Crippen LogP contribution in [0.5, 0.6) is 0 Å². The van der Waals surface area contributed by atoms with Crippen LogP contribution in [0.3, 0.4) is 0 Å². The Labute approximate surface area is 253 Å². The van der Waals surface area contributed by atoms with Gasteiger partial charge in [-0.15, -0.1) is 10.2 Å². The van der Waals surface area contributed by atoms with Crippen molar-refractivity contribution >= 4 is 33.4 Å². The molecule has 1 unspecified atom stereocenters. The topological polar surface area (TPSA) is 97.2 Å². The number of nitrogens with one attached hydrogen (secondary N) is 1. The largest absolute Gasteiger partial charge is 0.416 e. The van der Waals surface area contributed by atoms with E-state index < -0.39 is 32.9 Å². The van der Waals surface area contributed by atoms with Crippen LogP contribution in [0, 0.1) is 0 Å². The van der Waals surface area contributed by atoms with Gasteiger partial charge in [-0.05, 0) is 49.2 Å². The van der Waals surface area contributed by atoms with E-state index >= 15 is 0 Å². The van der Waals surface area contributed by atoms with E-state index in [1.165, 1.54) is 22.5 Å². The normalized spacial score (nSPS) is 12.8. The molecule has 4 aromatic rings. The summed E-state index contributed by atoms with van der Waals surface area (Å²) in [5, 5.41) is 10.9. The van der Waals surface area contributed by atoms with Crippen LogP contribution in [-0.2, 0) is 34.0 Å². The predicted molar refractivity (Wildman–Crippen MR) is 161 cm³/mol. The van der Waals surface area contributed by atoms with Gasteiger partial charge in [-0.2, -0.15) is 17.5 Å². The minimum atomic E-state index is -4.53. The summed E-state index contributed by atoms with van der Waals surface area (Å²) in [6.07, 6.45) is -3.92. The third-order valence-electron chi connectivity index (χ3n) is 6.73. The third-order valence-corrected chi connectivity index (χ3v) is 9.85. The average Bonchev–Trinajstić information content (AvgIpc) is 3.39. The van der Waals surface area contributed by atoms with Gasteiger partial charge >= 0.3 is 6.18 Å². The molecule has 0 saturated heterocycles. The number of aryl methyl sites for hydroxylation is 1. The molecule has 1 N–H and O–H groups in total. The molecule has 4 rings (SSSR count). The van der Waals surface area contributed by atoms with E-state index in [1.807, 2.05) is 34.9 Å². The van der Waals surface area contributed by atoms with E-state index in [2.05, 4.69) is 15.5 Å². The van der Waals surface area contributed by atoms with Crippen LogP contribution in [0.2, 0.25) is 0 Å². The molecule has 3 aromatic carbocycles. The summed E-state index contributed by atoms with van der Waals surface area (Å²) < 4.78 is 69.0. The van der Waals surface area contributed by atoms with Crippen molar-refractivity contribution < 1.29 is 26.4 Å². The zero-order valence-corrected chi connectivity index (χ0v) is 25.5. The molecule has 1 atom stereocenters. The molecule has 0 aliphatic rings. The minimum absolute atomic E-state index is 0.0322. The van der Waals surface area contributed by atoms with Crippen LogP contribution in [0.25, 0.3) is 11.4 Å². The second kappa shape index (κ2) is 13.7. The third kappa shape index (κ3) is 7.84. The number of carbonyl (C=O) groups is 1. The van der Waals surface area contributed by atoms with E-state index in [1.54, 1.807) is 39.0 Å². The monoisotopic (exact) mass is 631 g/mol. The molecule has 8 nitrogen and oxygen atoms in total. The van der Waals surface area contributed by atoms with Gasteiger partial charge in [0.05, 0.1) is 15.7 Å².